The Bertz CT molecular complexity index is 148. The fourth-order valence-electron chi connectivity index (χ4n) is 0.992. The Balaban J connectivity index is 3.83. The Hall–Kier alpha value is -0.790. The average Bonchev–Trinajstić information content (AvgIpc) is 2.07. The summed E-state index contributed by atoms with van der Waals surface area (Å²) < 4.78 is 0. The van der Waals surface area contributed by atoms with Crippen molar-refractivity contribution in [2.75, 3.05) is 13.1 Å². The highest BCUT2D eigenvalue weighted by molar-refractivity contribution is 5.87. The van der Waals surface area contributed by atoms with E-state index in [1.54, 1.807) is 6.08 Å². The quantitative estimate of drug-likeness (QED) is 0.578. The molecule has 0 aromatic carbocycles. The van der Waals surface area contributed by atoms with Crippen LogP contribution in [0.5, 0.6) is 0 Å². The Morgan fingerprint density at radius 1 is 1.25 bits per heavy atom. The maximum absolute atomic E-state index is 11.3. The Labute approximate surface area is 75.3 Å². The van der Waals surface area contributed by atoms with Gasteiger partial charge in [0.15, 0.2) is 0 Å². The molecule has 0 bridgehead atoms. The monoisotopic (exact) mass is 169 g/mol. The van der Waals surface area contributed by atoms with Gasteiger partial charge in [-0.1, -0.05) is 19.4 Å². The second-order valence-electron chi connectivity index (χ2n) is 2.70. The summed E-state index contributed by atoms with van der Waals surface area (Å²) in [7, 11) is 0. The minimum Gasteiger partial charge on any atom is -0.340 e. The number of likely N-dealkylation sites (N-methyl/N-ethyl adjacent to an activating group) is 1. The third kappa shape index (κ3) is 4.16. The first-order chi connectivity index (χ1) is 5.76. The molecule has 0 aliphatic carbocycles. The van der Waals surface area contributed by atoms with Crippen molar-refractivity contribution in [2.45, 2.75) is 33.6 Å². The van der Waals surface area contributed by atoms with E-state index in [2.05, 4.69) is 6.92 Å². The van der Waals surface area contributed by atoms with Gasteiger partial charge in [-0.3, -0.25) is 4.79 Å². The third-order valence-electron chi connectivity index (χ3n) is 1.79. The first-order valence-electron chi connectivity index (χ1n) is 4.71. The van der Waals surface area contributed by atoms with Crippen LogP contribution in [0.3, 0.4) is 0 Å². The molecule has 0 heterocycles. The maximum atomic E-state index is 11.3. The van der Waals surface area contributed by atoms with E-state index >= 15 is 0 Å². The summed E-state index contributed by atoms with van der Waals surface area (Å²) in [5, 5.41) is 0. The molecule has 0 saturated carbocycles. The second kappa shape index (κ2) is 6.89. The summed E-state index contributed by atoms with van der Waals surface area (Å²) in [5.74, 6) is 0.133. The lowest BCUT2D eigenvalue weighted by Gasteiger charge is -2.15. The van der Waals surface area contributed by atoms with Crippen molar-refractivity contribution in [3.05, 3.63) is 12.2 Å². The van der Waals surface area contributed by atoms with Crippen molar-refractivity contribution in [1.29, 1.82) is 0 Å². The van der Waals surface area contributed by atoms with Crippen molar-refractivity contribution in [3.63, 3.8) is 0 Å². The topological polar surface area (TPSA) is 20.3 Å². The molecule has 0 aromatic rings. The minimum absolute atomic E-state index is 0.133. The predicted molar refractivity (Wildman–Crippen MR) is 52.0 cm³/mol. The standard InChI is InChI=1S/C10H19NO/c1-4-7-8-9-10(12)11(5-2)6-3/h8-9H,4-7H2,1-3H3/b9-8+. The summed E-state index contributed by atoms with van der Waals surface area (Å²) >= 11 is 0. The van der Waals surface area contributed by atoms with E-state index in [4.69, 9.17) is 0 Å². The molecule has 2 nitrogen and oxygen atoms in total. The van der Waals surface area contributed by atoms with E-state index < -0.39 is 0 Å². The van der Waals surface area contributed by atoms with Gasteiger partial charge in [0.05, 0.1) is 0 Å². The molecule has 0 radical (unpaired) electrons. The molecule has 1 amide bonds. The van der Waals surface area contributed by atoms with Crippen LogP contribution in [0.2, 0.25) is 0 Å². The fraction of sp³-hybridized carbons (Fsp3) is 0.700. The molecule has 0 saturated heterocycles. The second-order valence-corrected chi connectivity index (χ2v) is 2.70. The normalized spacial score (nSPS) is 10.6. The third-order valence-corrected chi connectivity index (χ3v) is 1.79. The molecule has 0 aliphatic rings. The number of hydrogen-bond donors (Lipinski definition) is 0. The fourth-order valence-corrected chi connectivity index (χ4v) is 0.992. The number of rotatable bonds is 5. The number of nitrogens with zero attached hydrogens (tertiary/aromatic N) is 1. The van der Waals surface area contributed by atoms with E-state index in [9.17, 15) is 4.79 Å². The Morgan fingerprint density at radius 3 is 2.25 bits per heavy atom. The Morgan fingerprint density at radius 2 is 1.83 bits per heavy atom. The van der Waals surface area contributed by atoms with Gasteiger partial charge in [-0.05, 0) is 26.3 Å². The number of amides is 1. The lowest BCUT2D eigenvalue weighted by molar-refractivity contribution is -0.125. The molecule has 12 heavy (non-hydrogen) atoms. The molecular formula is C10H19NO. The number of carbonyl (C=O) groups is 1. The van der Waals surface area contributed by atoms with Gasteiger partial charge in [-0.25, -0.2) is 0 Å². The van der Waals surface area contributed by atoms with Gasteiger partial charge in [-0.2, -0.15) is 0 Å². The molecule has 0 rings (SSSR count). The van der Waals surface area contributed by atoms with Crippen LogP contribution in [0.25, 0.3) is 0 Å². The van der Waals surface area contributed by atoms with E-state index in [1.807, 2.05) is 24.8 Å². The van der Waals surface area contributed by atoms with E-state index in [1.165, 1.54) is 0 Å². The zero-order chi connectivity index (χ0) is 9.40. The smallest absolute Gasteiger partial charge is 0.246 e. The molecule has 0 atom stereocenters. The van der Waals surface area contributed by atoms with Gasteiger partial charge in [0.2, 0.25) is 5.91 Å². The van der Waals surface area contributed by atoms with Crippen LogP contribution in [-0.2, 0) is 4.79 Å². The highest BCUT2D eigenvalue weighted by atomic mass is 16.2. The zero-order valence-corrected chi connectivity index (χ0v) is 8.34. The number of unbranched alkanes of at least 4 members (excludes halogenated alkanes) is 1. The van der Waals surface area contributed by atoms with Gasteiger partial charge in [0.1, 0.15) is 0 Å². The molecule has 70 valence electrons. The molecule has 2 heteroatoms. The van der Waals surface area contributed by atoms with Crippen molar-refractivity contribution in [2.24, 2.45) is 0 Å². The maximum Gasteiger partial charge on any atom is 0.246 e. The minimum atomic E-state index is 0.133. The summed E-state index contributed by atoms with van der Waals surface area (Å²) in [5.41, 5.74) is 0. The number of carbonyl (C=O) groups excluding carboxylic acids is 1. The molecule has 0 unspecified atom stereocenters. The van der Waals surface area contributed by atoms with Crippen LogP contribution in [0.15, 0.2) is 12.2 Å². The van der Waals surface area contributed by atoms with Crippen LogP contribution in [0, 0.1) is 0 Å². The number of hydrogen-bond acceptors (Lipinski definition) is 1. The first kappa shape index (κ1) is 11.2. The summed E-state index contributed by atoms with van der Waals surface area (Å²) in [6, 6.07) is 0. The van der Waals surface area contributed by atoms with Crippen molar-refractivity contribution in [1.82, 2.24) is 4.90 Å². The van der Waals surface area contributed by atoms with Gasteiger partial charge in [-0.15, -0.1) is 0 Å². The van der Waals surface area contributed by atoms with Gasteiger partial charge in [0, 0.05) is 13.1 Å². The van der Waals surface area contributed by atoms with Crippen LogP contribution in [0.4, 0.5) is 0 Å². The van der Waals surface area contributed by atoms with E-state index in [0.29, 0.717) is 0 Å². The molecular weight excluding hydrogens is 150 g/mol. The van der Waals surface area contributed by atoms with Crippen LogP contribution < -0.4 is 0 Å². The SMILES string of the molecule is CCC/C=C/C(=O)N(CC)CC. The summed E-state index contributed by atoms with van der Waals surface area (Å²) in [4.78, 5) is 13.1. The molecule has 0 spiro atoms. The van der Waals surface area contributed by atoms with Crippen LogP contribution >= 0.6 is 0 Å². The zero-order valence-electron chi connectivity index (χ0n) is 8.34. The average molecular weight is 169 g/mol. The lowest BCUT2D eigenvalue weighted by Crippen LogP contribution is -2.28. The molecule has 0 fully saturated rings. The molecule has 0 aromatic heterocycles. The predicted octanol–water partition coefficient (Wildman–Crippen LogP) is 2.21. The summed E-state index contributed by atoms with van der Waals surface area (Å²) in [6.45, 7) is 7.69. The van der Waals surface area contributed by atoms with E-state index in [-0.39, 0.29) is 5.91 Å². The molecule has 0 N–H and O–H groups in total. The highest BCUT2D eigenvalue weighted by Crippen LogP contribution is 1.93. The van der Waals surface area contributed by atoms with Crippen molar-refractivity contribution < 1.29 is 4.79 Å². The Kier molecular flexibility index (Phi) is 6.44. The number of allylic oxidation sites excluding steroid dienone is 1. The van der Waals surface area contributed by atoms with E-state index in [0.717, 1.165) is 25.9 Å². The van der Waals surface area contributed by atoms with Gasteiger partial charge < -0.3 is 4.90 Å². The van der Waals surface area contributed by atoms with Crippen molar-refractivity contribution in [3.8, 4) is 0 Å². The van der Waals surface area contributed by atoms with Gasteiger partial charge in [0.25, 0.3) is 0 Å². The lowest BCUT2D eigenvalue weighted by atomic mass is 10.3. The highest BCUT2D eigenvalue weighted by Gasteiger charge is 2.03. The largest absolute Gasteiger partial charge is 0.340 e. The van der Waals surface area contributed by atoms with Gasteiger partial charge >= 0.3 is 0 Å². The van der Waals surface area contributed by atoms with Crippen LogP contribution in [0.1, 0.15) is 33.6 Å². The van der Waals surface area contributed by atoms with Crippen LogP contribution in [-0.4, -0.2) is 23.9 Å². The summed E-state index contributed by atoms with van der Waals surface area (Å²) in [6.07, 6.45) is 5.71. The first-order valence-corrected chi connectivity index (χ1v) is 4.71. The van der Waals surface area contributed by atoms with Crippen molar-refractivity contribution >= 4 is 5.91 Å². The molecule has 0 aliphatic heterocycles.